The Hall–Kier alpha value is -0.0800. The van der Waals surface area contributed by atoms with Crippen molar-refractivity contribution < 1.29 is 9.84 Å². The van der Waals surface area contributed by atoms with Crippen molar-refractivity contribution in [1.82, 2.24) is 0 Å². The molecule has 0 aromatic carbocycles. The molecule has 0 amide bonds. The molecule has 0 heterocycles. The summed E-state index contributed by atoms with van der Waals surface area (Å²) >= 11 is 0. The van der Waals surface area contributed by atoms with E-state index in [0.29, 0.717) is 40.3 Å². The molecule has 0 radical (unpaired) electrons. The van der Waals surface area contributed by atoms with Crippen LogP contribution in [0.2, 0.25) is 0 Å². The van der Waals surface area contributed by atoms with Gasteiger partial charge in [0.25, 0.3) is 0 Å². The molecular weight excluding hydrogens is 380 g/mol. The molecule has 2 nitrogen and oxygen atoms in total. The largest absolute Gasteiger partial charge is 0.396 e. The van der Waals surface area contributed by atoms with Crippen LogP contribution in [-0.4, -0.2) is 24.9 Å². The molecule has 12 atom stereocenters. The molecule has 6 rings (SSSR count). The minimum atomic E-state index is 0.362. The van der Waals surface area contributed by atoms with Crippen molar-refractivity contribution in [1.29, 1.82) is 0 Å². The molecule has 0 aromatic heterocycles. The monoisotopic (exact) mass is 428 g/mol. The average Bonchev–Trinajstić information content (AvgIpc) is 3.46. The average molecular weight is 429 g/mol. The van der Waals surface area contributed by atoms with E-state index in [9.17, 15) is 5.11 Å². The van der Waals surface area contributed by atoms with Crippen LogP contribution in [0.5, 0.6) is 0 Å². The first kappa shape index (κ1) is 21.5. The van der Waals surface area contributed by atoms with Crippen molar-refractivity contribution in [3.63, 3.8) is 0 Å². The summed E-state index contributed by atoms with van der Waals surface area (Å²) in [6, 6.07) is 0. The van der Waals surface area contributed by atoms with Gasteiger partial charge in [0.1, 0.15) is 0 Å². The standard InChI is InChI=1S/C29H48O2/c1-17(13-23-24(16-30)26(23,2)3)20-7-8-21-19-14-25(31-6)29-15-18(29)9-12-28(29,5)22(19)10-11-27(20,21)4/h17-25,30H,7-16H2,1-6H3/t17-,18-,19+,20-,21+,22+,23-,24-,25-,27-,28-,29+/m1/s1. The summed E-state index contributed by atoms with van der Waals surface area (Å²) < 4.78 is 6.30. The lowest BCUT2D eigenvalue weighted by Crippen LogP contribution is -2.57. The molecule has 6 aliphatic carbocycles. The van der Waals surface area contributed by atoms with Crippen molar-refractivity contribution in [2.75, 3.05) is 13.7 Å². The summed E-state index contributed by atoms with van der Waals surface area (Å²) in [5, 5.41) is 9.82. The molecule has 6 aliphatic rings. The first-order valence-corrected chi connectivity index (χ1v) is 13.8. The highest BCUT2D eigenvalue weighted by Gasteiger charge is 2.77. The highest BCUT2D eigenvalue weighted by atomic mass is 16.5. The Morgan fingerprint density at radius 2 is 1.74 bits per heavy atom. The SMILES string of the molecule is CO[C@@H]1C[C@H]2[C@@H]3CC[C@H]([C@H](C)C[C@@H]4[C@@H](CO)C4(C)C)[C@@]3(C)CC[C@@H]2[C@@]2(C)CC[C@@H]3C[C@]312. The van der Waals surface area contributed by atoms with Crippen molar-refractivity contribution in [2.45, 2.75) is 98.5 Å². The zero-order valence-electron chi connectivity index (χ0n) is 21.1. The number of methoxy groups -OCH3 is 1. The van der Waals surface area contributed by atoms with Crippen LogP contribution in [-0.2, 0) is 4.74 Å². The lowest BCUT2D eigenvalue weighted by atomic mass is 9.45. The third-order valence-electron chi connectivity index (χ3n) is 13.7. The van der Waals surface area contributed by atoms with Gasteiger partial charge in [-0.3, -0.25) is 0 Å². The molecule has 2 heteroatoms. The summed E-state index contributed by atoms with van der Waals surface area (Å²) in [4.78, 5) is 0. The quantitative estimate of drug-likeness (QED) is 0.537. The van der Waals surface area contributed by atoms with Gasteiger partial charge in [0.15, 0.2) is 0 Å². The van der Waals surface area contributed by atoms with E-state index in [-0.39, 0.29) is 0 Å². The minimum Gasteiger partial charge on any atom is -0.396 e. The van der Waals surface area contributed by atoms with E-state index in [2.05, 4.69) is 34.6 Å². The summed E-state index contributed by atoms with van der Waals surface area (Å²) in [6.07, 6.45) is 13.5. The number of fused-ring (bicyclic) bond motifs is 4. The van der Waals surface area contributed by atoms with Crippen LogP contribution in [0.1, 0.15) is 92.4 Å². The number of aliphatic hydroxyl groups is 1. The predicted octanol–water partition coefficient (Wildman–Crippen LogP) is 6.56. The van der Waals surface area contributed by atoms with E-state index in [1.807, 2.05) is 7.11 Å². The summed E-state index contributed by atoms with van der Waals surface area (Å²) in [7, 11) is 2.02. The van der Waals surface area contributed by atoms with Crippen LogP contribution < -0.4 is 0 Å². The summed E-state index contributed by atoms with van der Waals surface area (Å²) in [5.41, 5.74) is 2.01. The van der Waals surface area contributed by atoms with E-state index in [1.54, 1.807) is 0 Å². The van der Waals surface area contributed by atoms with Crippen LogP contribution in [0, 0.1) is 69.0 Å². The Labute approximate surface area is 191 Å². The van der Waals surface area contributed by atoms with Gasteiger partial charge in [-0.2, -0.15) is 0 Å². The van der Waals surface area contributed by atoms with Crippen LogP contribution in [0.3, 0.4) is 0 Å². The van der Waals surface area contributed by atoms with Crippen molar-refractivity contribution >= 4 is 0 Å². The molecule has 6 saturated carbocycles. The number of aliphatic hydroxyl groups excluding tert-OH is 1. The van der Waals surface area contributed by atoms with Crippen molar-refractivity contribution in [3.8, 4) is 0 Å². The van der Waals surface area contributed by atoms with Crippen molar-refractivity contribution in [2.24, 2.45) is 69.0 Å². The topological polar surface area (TPSA) is 29.5 Å². The minimum absolute atomic E-state index is 0.362. The molecular formula is C29H48O2. The fraction of sp³-hybridized carbons (Fsp3) is 1.00. The first-order valence-electron chi connectivity index (χ1n) is 13.8. The Morgan fingerprint density at radius 3 is 2.39 bits per heavy atom. The third kappa shape index (κ3) is 2.48. The van der Waals surface area contributed by atoms with Gasteiger partial charge in [-0.15, -0.1) is 0 Å². The zero-order chi connectivity index (χ0) is 22.0. The van der Waals surface area contributed by atoms with Gasteiger partial charge in [-0.1, -0.05) is 34.6 Å². The second kappa shape index (κ2) is 6.53. The van der Waals surface area contributed by atoms with Crippen molar-refractivity contribution in [3.05, 3.63) is 0 Å². The second-order valence-corrected chi connectivity index (χ2v) is 14.4. The molecule has 0 saturated heterocycles. The molecule has 1 N–H and O–H groups in total. The van der Waals surface area contributed by atoms with Gasteiger partial charge >= 0.3 is 0 Å². The first-order chi connectivity index (χ1) is 14.6. The van der Waals surface area contributed by atoms with Crippen LogP contribution in [0.15, 0.2) is 0 Å². The highest BCUT2D eigenvalue weighted by Crippen LogP contribution is 2.82. The number of ether oxygens (including phenoxy) is 1. The van der Waals surface area contributed by atoms with E-state index >= 15 is 0 Å². The maximum Gasteiger partial charge on any atom is 0.0638 e. The van der Waals surface area contributed by atoms with Gasteiger partial charge in [-0.05, 0) is 121 Å². The molecule has 176 valence electrons. The van der Waals surface area contributed by atoms with Crippen LogP contribution >= 0.6 is 0 Å². The molecule has 31 heavy (non-hydrogen) atoms. The molecule has 0 aliphatic heterocycles. The number of hydrogen-bond acceptors (Lipinski definition) is 2. The Bertz CT molecular complexity index is 745. The van der Waals surface area contributed by atoms with Gasteiger partial charge < -0.3 is 9.84 Å². The maximum absolute atomic E-state index is 9.82. The van der Waals surface area contributed by atoms with Gasteiger partial charge in [0.05, 0.1) is 6.10 Å². The van der Waals surface area contributed by atoms with Crippen LogP contribution in [0.4, 0.5) is 0 Å². The second-order valence-electron chi connectivity index (χ2n) is 14.4. The highest BCUT2D eigenvalue weighted by molar-refractivity contribution is 5.26. The Balaban J connectivity index is 1.23. The van der Waals surface area contributed by atoms with E-state index in [0.717, 1.165) is 41.4 Å². The predicted molar refractivity (Wildman–Crippen MR) is 125 cm³/mol. The number of hydrogen-bond donors (Lipinski definition) is 1. The van der Waals surface area contributed by atoms with E-state index in [1.165, 1.54) is 57.8 Å². The Morgan fingerprint density at radius 1 is 0.968 bits per heavy atom. The smallest absolute Gasteiger partial charge is 0.0638 e. The molecule has 6 fully saturated rings. The molecule has 1 spiro atoms. The fourth-order valence-electron chi connectivity index (χ4n) is 11.8. The maximum atomic E-state index is 9.82. The van der Waals surface area contributed by atoms with Gasteiger partial charge in [-0.25, -0.2) is 0 Å². The normalized spacial score (nSPS) is 59.3. The summed E-state index contributed by atoms with van der Waals surface area (Å²) in [5.74, 6) is 6.73. The lowest BCUT2D eigenvalue weighted by Gasteiger charge is -2.61. The van der Waals surface area contributed by atoms with Gasteiger partial charge in [0.2, 0.25) is 0 Å². The van der Waals surface area contributed by atoms with Gasteiger partial charge in [0, 0.05) is 19.1 Å². The molecule has 0 unspecified atom stereocenters. The molecule has 0 bridgehead atoms. The zero-order valence-corrected chi connectivity index (χ0v) is 21.1. The number of rotatable bonds is 5. The lowest BCUT2D eigenvalue weighted by molar-refractivity contribution is -0.161. The third-order valence-corrected chi connectivity index (χ3v) is 13.7. The fourth-order valence-corrected chi connectivity index (χ4v) is 11.8. The Kier molecular flexibility index (Phi) is 4.52. The van der Waals surface area contributed by atoms with Crippen LogP contribution in [0.25, 0.3) is 0 Å². The molecule has 0 aromatic rings. The van der Waals surface area contributed by atoms with E-state index < -0.39 is 0 Å². The van der Waals surface area contributed by atoms with E-state index in [4.69, 9.17) is 4.74 Å². The summed E-state index contributed by atoms with van der Waals surface area (Å²) in [6.45, 7) is 13.1.